The molecular formula is C13H14FN3. The number of aromatic nitrogens is 1. The van der Waals surface area contributed by atoms with Crippen molar-refractivity contribution in [2.24, 2.45) is 0 Å². The molecule has 0 aliphatic heterocycles. The van der Waals surface area contributed by atoms with E-state index in [1.54, 1.807) is 31.2 Å². The summed E-state index contributed by atoms with van der Waals surface area (Å²) in [6, 6.07) is 8.72. The van der Waals surface area contributed by atoms with Gasteiger partial charge in [0.25, 0.3) is 0 Å². The molecule has 0 amide bonds. The van der Waals surface area contributed by atoms with E-state index in [0.29, 0.717) is 22.8 Å². The van der Waals surface area contributed by atoms with Crippen molar-refractivity contribution in [2.75, 3.05) is 11.1 Å². The number of aryl methyl sites for hydroxylation is 2. The third-order valence-electron chi connectivity index (χ3n) is 2.51. The SMILES string of the molecule is Cc1ccc(N)c(Nc2cccc(C)c2F)n1. The summed E-state index contributed by atoms with van der Waals surface area (Å²) in [5.41, 5.74) is 8.07. The zero-order valence-electron chi connectivity index (χ0n) is 9.79. The third kappa shape index (κ3) is 2.36. The first-order valence-corrected chi connectivity index (χ1v) is 5.33. The lowest BCUT2D eigenvalue weighted by atomic mass is 10.2. The molecule has 0 fully saturated rings. The predicted octanol–water partition coefficient (Wildman–Crippen LogP) is 3.16. The number of anilines is 3. The van der Waals surface area contributed by atoms with Gasteiger partial charge in [0.15, 0.2) is 5.82 Å². The van der Waals surface area contributed by atoms with Crippen molar-refractivity contribution in [3.05, 3.63) is 47.4 Å². The molecule has 1 aromatic heterocycles. The Bertz CT molecular complexity index is 552. The summed E-state index contributed by atoms with van der Waals surface area (Å²) in [4.78, 5) is 4.24. The number of halogens is 1. The molecule has 4 heteroatoms. The van der Waals surface area contributed by atoms with Crippen molar-refractivity contribution in [3.8, 4) is 0 Å². The van der Waals surface area contributed by atoms with E-state index in [1.807, 2.05) is 13.0 Å². The molecule has 0 radical (unpaired) electrons. The molecular weight excluding hydrogens is 217 g/mol. The third-order valence-corrected chi connectivity index (χ3v) is 2.51. The van der Waals surface area contributed by atoms with E-state index >= 15 is 0 Å². The summed E-state index contributed by atoms with van der Waals surface area (Å²) in [6.07, 6.45) is 0. The first kappa shape index (κ1) is 11.4. The number of nitrogen functional groups attached to an aromatic ring is 1. The van der Waals surface area contributed by atoms with Crippen LogP contribution >= 0.6 is 0 Å². The molecule has 3 N–H and O–H groups in total. The standard InChI is InChI=1S/C13H14FN3/c1-8-4-3-5-11(12(8)14)17-13-10(15)7-6-9(2)16-13/h3-7H,15H2,1-2H3,(H,16,17). The van der Waals surface area contributed by atoms with Crippen molar-refractivity contribution in [3.63, 3.8) is 0 Å². The van der Waals surface area contributed by atoms with Gasteiger partial charge in [-0.05, 0) is 37.6 Å². The summed E-state index contributed by atoms with van der Waals surface area (Å²) < 4.78 is 13.8. The van der Waals surface area contributed by atoms with E-state index < -0.39 is 0 Å². The average Bonchev–Trinajstić information content (AvgIpc) is 2.30. The molecule has 1 heterocycles. The fourth-order valence-electron chi connectivity index (χ4n) is 1.54. The Kier molecular flexibility index (Phi) is 2.95. The maximum absolute atomic E-state index is 13.8. The van der Waals surface area contributed by atoms with Gasteiger partial charge >= 0.3 is 0 Å². The van der Waals surface area contributed by atoms with Crippen molar-refractivity contribution in [1.29, 1.82) is 0 Å². The minimum absolute atomic E-state index is 0.282. The van der Waals surface area contributed by atoms with Crippen LogP contribution in [0, 0.1) is 19.7 Å². The highest BCUT2D eigenvalue weighted by molar-refractivity contribution is 5.69. The zero-order chi connectivity index (χ0) is 12.4. The van der Waals surface area contributed by atoms with Crippen LogP contribution in [0.15, 0.2) is 30.3 Å². The topological polar surface area (TPSA) is 50.9 Å². The van der Waals surface area contributed by atoms with Gasteiger partial charge in [-0.2, -0.15) is 0 Å². The maximum Gasteiger partial charge on any atom is 0.153 e. The van der Waals surface area contributed by atoms with Crippen LogP contribution in [0.4, 0.5) is 21.6 Å². The molecule has 0 bridgehead atoms. The van der Waals surface area contributed by atoms with Crippen LogP contribution in [0.25, 0.3) is 0 Å². The molecule has 0 unspecified atom stereocenters. The van der Waals surface area contributed by atoms with Gasteiger partial charge in [-0.3, -0.25) is 0 Å². The highest BCUT2D eigenvalue weighted by atomic mass is 19.1. The van der Waals surface area contributed by atoms with Crippen LogP contribution in [0.1, 0.15) is 11.3 Å². The van der Waals surface area contributed by atoms with Gasteiger partial charge in [-0.15, -0.1) is 0 Å². The van der Waals surface area contributed by atoms with Crippen LogP contribution in [0.2, 0.25) is 0 Å². The Morgan fingerprint density at radius 3 is 2.71 bits per heavy atom. The number of nitrogens with two attached hydrogens (primary N) is 1. The number of hydrogen-bond donors (Lipinski definition) is 2. The van der Waals surface area contributed by atoms with Gasteiger partial charge in [0.05, 0.1) is 11.4 Å². The quantitative estimate of drug-likeness (QED) is 0.834. The summed E-state index contributed by atoms with van der Waals surface area (Å²) in [7, 11) is 0. The van der Waals surface area contributed by atoms with Gasteiger partial charge in [0, 0.05) is 5.69 Å². The monoisotopic (exact) mass is 231 g/mol. The largest absolute Gasteiger partial charge is 0.396 e. The normalized spacial score (nSPS) is 10.3. The van der Waals surface area contributed by atoms with Crippen molar-refractivity contribution < 1.29 is 4.39 Å². The van der Waals surface area contributed by atoms with Crippen molar-refractivity contribution in [2.45, 2.75) is 13.8 Å². The lowest BCUT2D eigenvalue weighted by molar-refractivity contribution is 0.622. The van der Waals surface area contributed by atoms with E-state index in [4.69, 9.17) is 5.73 Å². The highest BCUT2D eigenvalue weighted by Crippen LogP contribution is 2.24. The van der Waals surface area contributed by atoms with E-state index in [1.165, 1.54) is 0 Å². The number of nitrogens with one attached hydrogen (secondary N) is 1. The van der Waals surface area contributed by atoms with Crippen LogP contribution < -0.4 is 11.1 Å². The zero-order valence-corrected chi connectivity index (χ0v) is 9.79. The van der Waals surface area contributed by atoms with Crippen molar-refractivity contribution >= 4 is 17.2 Å². The van der Waals surface area contributed by atoms with E-state index in [9.17, 15) is 4.39 Å². The molecule has 3 nitrogen and oxygen atoms in total. The van der Waals surface area contributed by atoms with Gasteiger partial charge in [0.2, 0.25) is 0 Å². The number of benzene rings is 1. The molecule has 0 aliphatic rings. The van der Waals surface area contributed by atoms with E-state index in [-0.39, 0.29) is 5.82 Å². The Morgan fingerprint density at radius 1 is 1.18 bits per heavy atom. The van der Waals surface area contributed by atoms with E-state index in [2.05, 4.69) is 10.3 Å². The number of pyridine rings is 1. The lowest BCUT2D eigenvalue weighted by Crippen LogP contribution is -2.02. The van der Waals surface area contributed by atoms with Gasteiger partial charge < -0.3 is 11.1 Å². The Morgan fingerprint density at radius 2 is 1.94 bits per heavy atom. The molecule has 0 aliphatic carbocycles. The predicted molar refractivity (Wildman–Crippen MR) is 67.8 cm³/mol. The first-order valence-electron chi connectivity index (χ1n) is 5.33. The second-order valence-corrected chi connectivity index (χ2v) is 3.95. The summed E-state index contributed by atoms with van der Waals surface area (Å²) in [5, 5.41) is 2.91. The molecule has 0 saturated heterocycles. The molecule has 2 rings (SSSR count). The molecule has 88 valence electrons. The lowest BCUT2D eigenvalue weighted by Gasteiger charge is -2.10. The second kappa shape index (κ2) is 4.41. The fourth-order valence-corrected chi connectivity index (χ4v) is 1.54. The van der Waals surface area contributed by atoms with Gasteiger partial charge in [-0.25, -0.2) is 9.37 Å². The van der Waals surface area contributed by atoms with Gasteiger partial charge in [0.1, 0.15) is 5.82 Å². The van der Waals surface area contributed by atoms with Crippen LogP contribution in [-0.2, 0) is 0 Å². The molecule has 2 aromatic rings. The average molecular weight is 231 g/mol. The van der Waals surface area contributed by atoms with E-state index in [0.717, 1.165) is 5.69 Å². The van der Waals surface area contributed by atoms with Crippen LogP contribution in [0.3, 0.4) is 0 Å². The van der Waals surface area contributed by atoms with Crippen molar-refractivity contribution in [1.82, 2.24) is 4.98 Å². The minimum Gasteiger partial charge on any atom is -0.396 e. The van der Waals surface area contributed by atoms with Gasteiger partial charge in [-0.1, -0.05) is 12.1 Å². The Balaban J connectivity index is 2.38. The Hall–Kier alpha value is -2.10. The number of nitrogens with zero attached hydrogens (tertiary/aromatic N) is 1. The number of rotatable bonds is 2. The summed E-state index contributed by atoms with van der Waals surface area (Å²) >= 11 is 0. The number of hydrogen-bond acceptors (Lipinski definition) is 3. The van der Waals surface area contributed by atoms with Crippen LogP contribution in [-0.4, -0.2) is 4.98 Å². The smallest absolute Gasteiger partial charge is 0.153 e. The molecule has 1 aromatic carbocycles. The molecule has 0 atom stereocenters. The minimum atomic E-state index is -0.282. The summed E-state index contributed by atoms with van der Waals surface area (Å²) in [5.74, 6) is 0.199. The van der Waals surface area contributed by atoms with Crippen LogP contribution in [0.5, 0.6) is 0 Å². The Labute approximate surface area is 99.5 Å². The first-order chi connectivity index (χ1) is 8.08. The molecule has 0 saturated carbocycles. The maximum atomic E-state index is 13.8. The highest BCUT2D eigenvalue weighted by Gasteiger charge is 2.07. The molecule has 17 heavy (non-hydrogen) atoms. The second-order valence-electron chi connectivity index (χ2n) is 3.95. The fraction of sp³-hybridized carbons (Fsp3) is 0.154. The summed E-state index contributed by atoms with van der Waals surface area (Å²) in [6.45, 7) is 3.57. The molecule has 0 spiro atoms.